The molecule has 1 aromatic rings. The first-order chi connectivity index (χ1) is 7.76. The third kappa shape index (κ3) is 2.24. The molecule has 0 aromatic heterocycles. The number of aliphatic hydroxyl groups excluding tert-OH is 1. The van der Waals surface area contributed by atoms with E-state index in [1.807, 2.05) is 12.1 Å². The minimum absolute atomic E-state index is 0.219. The average molecular weight is 285 g/mol. The molecule has 2 rings (SSSR count). The molecule has 0 spiro atoms. The minimum Gasteiger partial charge on any atom is -0.394 e. The van der Waals surface area contributed by atoms with Gasteiger partial charge in [-0.1, -0.05) is 22.0 Å². The number of halogens is 1. The van der Waals surface area contributed by atoms with Crippen molar-refractivity contribution in [2.75, 3.05) is 18.1 Å². The van der Waals surface area contributed by atoms with Crippen LogP contribution in [0.2, 0.25) is 0 Å². The second kappa shape index (κ2) is 5.17. The molecular formula is C12H17BrN2O. The largest absolute Gasteiger partial charge is 0.394 e. The molecule has 1 heterocycles. The summed E-state index contributed by atoms with van der Waals surface area (Å²) in [5, 5.41) is 9.35. The molecule has 3 N–H and O–H groups in total. The Bertz CT molecular complexity index is 370. The van der Waals surface area contributed by atoms with Gasteiger partial charge in [0.05, 0.1) is 12.6 Å². The highest BCUT2D eigenvalue weighted by atomic mass is 79.9. The molecule has 1 aliphatic rings. The van der Waals surface area contributed by atoms with E-state index in [-0.39, 0.29) is 12.6 Å². The Morgan fingerprint density at radius 1 is 1.50 bits per heavy atom. The van der Waals surface area contributed by atoms with Crippen LogP contribution >= 0.6 is 15.9 Å². The lowest BCUT2D eigenvalue weighted by molar-refractivity contribution is 0.266. The summed E-state index contributed by atoms with van der Waals surface area (Å²) in [6.07, 6.45) is 2.20. The quantitative estimate of drug-likeness (QED) is 0.891. The van der Waals surface area contributed by atoms with Crippen molar-refractivity contribution in [2.45, 2.75) is 25.4 Å². The van der Waals surface area contributed by atoms with Gasteiger partial charge in [0, 0.05) is 23.2 Å². The van der Waals surface area contributed by atoms with Crippen LogP contribution in [0.1, 0.15) is 18.4 Å². The van der Waals surface area contributed by atoms with E-state index in [4.69, 9.17) is 5.73 Å². The maximum absolute atomic E-state index is 9.35. The summed E-state index contributed by atoms with van der Waals surface area (Å²) < 4.78 is 1.06. The fourth-order valence-corrected chi connectivity index (χ4v) is 2.67. The first-order valence-electron chi connectivity index (χ1n) is 5.62. The summed E-state index contributed by atoms with van der Waals surface area (Å²) in [5.74, 6) is 0. The zero-order chi connectivity index (χ0) is 11.5. The number of aliphatic hydroxyl groups is 1. The second-order valence-electron chi connectivity index (χ2n) is 4.15. The van der Waals surface area contributed by atoms with Crippen LogP contribution in [-0.4, -0.2) is 24.3 Å². The average Bonchev–Trinajstić information content (AvgIpc) is 2.76. The van der Waals surface area contributed by atoms with E-state index in [1.165, 1.54) is 0 Å². The van der Waals surface area contributed by atoms with Crippen molar-refractivity contribution in [1.29, 1.82) is 0 Å². The summed E-state index contributed by atoms with van der Waals surface area (Å²) in [6.45, 7) is 1.77. The third-order valence-electron chi connectivity index (χ3n) is 3.16. The third-order valence-corrected chi connectivity index (χ3v) is 3.66. The zero-order valence-corrected chi connectivity index (χ0v) is 10.8. The maximum Gasteiger partial charge on any atom is 0.0635 e. The lowest BCUT2D eigenvalue weighted by Crippen LogP contribution is -2.33. The van der Waals surface area contributed by atoms with E-state index in [1.54, 1.807) is 0 Å². The molecule has 0 saturated carbocycles. The smallest absolute Gasteiger partial charge is 0.0635 e. The normalized spacial score (nSPS) is 20.4. The predicted molar refractivity (Wildman–Crippen MR) is 69.5 cm³/mol. The Balaban J connectivity index is 2.34. The van der Waals surface area contributed by atoms with Crippen molar-refractivity contribution < 1.29 is 5.11 Å². The molecule has 0 bridgehead atoms. The maximum atomic E-state index is 9.35. The van der Waals surface area contributed by atoms with Gasteiger partial charge in [-0.05, 0) is 30.5 Å². The van der Waals surface area contributed by atoms with Gasteiger partial charge in [0.25, 0.3) is 0 Å². The Morgan fingerprint density at radius 3 is 3.00 bits per heavy atom. The number of hydrogen-bond acceptors (Lipinski definition) is 3. The van der Waals surface area contributed by atoms with Gasteiger partial charge in [-0.3, -0.25) is 0 Å². The molecule has 88 valence electrons. The van der Waals surface area contributed by atoms with E-state index < -0.39 is 0 Å². The van der Waals surface area contributed by atoms with Crippen molar-refractivity contribution in [3.05, 3.63) is 28.2 Å². The van der Waals surface area contributed by atoms with E-state index in [2.05, 4.69) is 26.9 Å². The lowest BCUT2D eigenvalue weighted by atomic mass is 10.1. The number of anilines is 1. The van der Waals surface area contributed by atoms with E-state index in [9.17, 15) is 5.11 Å². The number of rotatable bonds is 3. The van der Waals surface area contributed by atoms with Crippen LogP contribution < -0.4 is 10.6 Å². The van der Waals surface area contributed by atoms with Crippen LogP contribution in [0.3, 0.4) is 0 Å². The molecule has 16 heavy (non-hydrogen) atoms. The molecule has 0 aliphatic carbocycles. The van der Waals surface area contributed by atoms with Gasteiger partial charge in [0.1, 0.15) is 0 Å². The molecule has 3 nitrogen and oxygen atoms in total. The van der Waals surface area contributed by atoms with E-state index >= 15 is 0 Å². The Kier molecular flexibility index (Phi) is 3.84. The topological polar surface area (TPSA) is 49.5 Å². The van der Waals surface area contributed by atoms with Crippen molar-refractivity contribution in [3.63, 3.8) is 0 Å². The molecule has 4 heteroatoms. The highest BCUT2D eigenvalue weighted by molar-refractivity contribution is 9.10. The Hall–Kier alpha value is -0.580. The molecule has 1 aromatic carbocycles. The molecule has 0 radical (unpaired) electrons. The fraction of sp³-hybridized carbons (Fsp3) is 0.500. The van der Waals surface area contributed by atoms with Gasteiger partial charge in [-0.25, -0.2) is 0 Å². The summed E-state index contributed by atoms with van der Waals surface area (Å²) in [7, 11) is 0. The lowest BCUT2D eigenvalue weighted by Gasteiger charge is -2.27. The fourth-order valence-electron chi connectivity index (χ4n) is 2.32. The molecule has 1 unspecified atom stereocenters. The van der Waals surface area contributed by atoms with Gasteiger partial charge in [0.2, 0.25) is 0 Å². The first kappa shape index (κ1) is 11.9. The number of nitrogens with two attached hydrogens (primary N) is 1. The summed E-state index contributed by atoms with van der Waals surface area (Å²) in [5.41, 5.74) is 8.05. The SMILES string of the molecule is NCc1ccc(Br)cc1N1CCCC1CO. The van der Waals surface area contributed by atoms with Crippen molar-refractivity contribution in [3.8, 4) is 0 Å². The Labute approximate surface area is 104 Å². The van der Waals surface area contributed by atoms with Crippen molar-refractivity contribution in [2.24, 2.45) is 5.73 Å². The summed E-state index contributed by atoms with van der Waals surface area (Å²) in [4.78, 5) is 2.27. The number of benzene rings is 1. The van der Waals surface area contributed by atoms with Gasteiger partial charge in [0.15, 0.2) is 0 Å². The minimum atomic E-state index is 0.219. The highest BCUT2D eigenvalue weighted by Crippen LogP contribution is 2.30. The van der Waals surface area contributed by atoms with Crippen LogP contribution in [-0.2, 0) is 6.54 Å². The molecule has 0 amide bonds. The van der Waals surface area contributed by atoms with Crippen molar-refractivity contribution in [1.82, 2.24) is 0 Å². The van der Waals surface area contributed by atoms with Crippen LogP contribution in [0.4, 0.5) is 5.69 Å². The summed E-state index contributed by atoms with van der Waals surface area (Å²) >= 11 is 3.48. The number of hydrogen-bond donors (Lipinski definition) is 2. The van der Waals surface area contributed by atoms with Gasteiger partial charge in [-0.2, -0.15) is 0 Å². The van der Waals surface area contributed by atoms with Crippen LogP contribution in [0.5, 0.6) is 0 Å². The molecule has 1 atom stereocenters. The van der Waals surface area contributed by atoms with Gasteiger partial charge in [-0.15, -0.1) is 0 Å². The molecule has 1 saturated heterocycles. The second-order valence-corrected chi connectivity index (χ2v) is 5.06. The van der Waals surface area contributed by atoms with Crippen LogP contribution in [0.15, 0.2) is 22.7 Å². The monoisotopic (exact) mass is 284 g/mol. The van der Waals surface area contributed by atoms with Gasteiger partial charge >= 0.3 is 0 Å². The molecule has 1 fully saturated rings. The van der Waals surface area contributed by atoms with Crippen LogP contribution in [0, 0.1) is 0 Å². The summed E-state index contributed by atoms with van der Waals surface area (Å²) in [6, 6.07) is 6.40. The van der Waals surface area contributed by atoms with E-state index in [0.29, 0.717) is 6.54 Å². The van der Waals surface area contributed by atoms with Crippen molar-refractivity contribution >= 4 is 21.6 Å². The zero-order valence-electron chi connectivity index (χ0n) is 9.19. The molecule has 1 aliphatic heterocycles. The predicted octanol–water partition coefficient (Wildman–Crippen LogP) is 1.87. The standard InChI is InChI=1S/C12H17BrN2O/c13-10-4-3-9(7-14)12(6-10)15-5-1-2-11(15)8-16/h3-4,6,11,16H,1-2,5,7-8,14H2. The molecular weight excluding hydrogens is 268 g/mol. The first-order valence-corrected chi connectivity index (χ1v) is 6.41. The Morgan fingerprint density at radius 2 is 2.31 bits per heavy atom. The van der Waals surface area contributed by atoms with Gasteiger partial charge < -0.3 is 15.7 Å². The highest BCUT2D eigenvalue weighted by Gasteiger charge is 2.25. The van der Waals surface area contributed by atoms with E-state index in [0.717, 1.165) is 35.1 Å². The number of nitrogens with zero attached hydrogens (tertiary/aromatic N) is 1. The van der Waals surface area contributed by atoms with Crippen LogP contribution in [0.25, 0.3) is 0 Å².